The number of nitrogens with one attached hydrogen (secondary N) is 1. The van der Waals surface area contributed by atoms with Crippen LogP contribution in [-0.4, -0.2) is 67.5 Å². The summed E-state index contributed by atoms with van der Waals surface area (Å²) in [5, 5.41) is 12.1. The molecule has 2 N–H and O–H groups in total. The summed E-state index contributed by atoms with van der Waals surface area (Å²) in [5.74, 6) is -3.89. The van der Waals surface area contributed by atoms with Crippen LogP contribution >= 0.6 is 0 Å². The maximum atomic E-state index is 14.9. The second-order valence-electron chi connectivity index (χ2n) is 11.7. The lowest BCUT2D eigenvalue weighted by atomic mass is 9.86. The third-order valence-corrected chi connectivity index (χ3v) is 12.8. The Morgan fingerprint density at radius 1 is 1.14 bits per heavy atom. The average Bonchev–Trinajstić information content (AvgIpc) is 2.67. The van der Waals surface area contributed by atoms with Gasteiger partial charge in [-0.25, -0.2) is 13.6 Å². The Labute approximate surface area is 211 Å². The van der Waals surface area contributed by atoms with Crippen LogP contribution in [0.5, 0.6) is 0 Å². The molecular weight excluding hydrogens is 488 g/mol. The number of hydrogen-bond acceptors (Lipinski definition) is 5. The summed E-state index contributed by atoms with van der Waals surface area (Å²) in [7, 11) is -1.93. The third-order valence-electron chi connectivity index (χ3n) is 8.22. The molecule has 1 aliphatic carbocycles. The predicted octanol–water partition coefficient (Wildman–Crippen LogP) is 4.21. The number of hydrogen-bond donors (Lipinski definition) is 2. The van der Waals surface area contributed by atoms with Gasteiger partial charge in [-0.2, -0.15) is 0 Å². The van der Waals surface area contributed by atoms with Crippen molar-refractivity contribution < 1.29 is 32.7 Å². The highest BCUT2D eigenvalue weighted by molar-refractivity contribution is 6.74. The van der Waals surface area contributed by atoms with Gasteiger partial charge in [-0.05, 0) is 49.5 Å². The molecule has 1 saturated carbocycles. The quantitative estimate of drug-likeness (QED) is 0.428. The van der Waals surface area contributed by atoms with E-state index >= 15 is 0 Å². The van der Waals surface area contributed by atoms with E-state index in [4.69, 9.17) is 4.43 Å². The highest BCUT2D eigenvalue weighted by atomic mass is 28.4. The average molecular weight is 524 g/mol. The molecule has 3 amide bonds. The van der Waals surface area contributed by atoms with Crippen molar-refractivity contribution in [3.63, 3.8) is 0 Å². The van der Waals surface area contributed by atoms with Crippen molar-refractivity contribution in [3.05, 3.63) is 29.3 Å². The van der Waals surface area contributed by atoms with Crippen LogP contribution in [0.25, 0.3) is 0 Å². The smallest absolute Gasteiger partial charge is 0.407 e. The first-order chi connectivity index (χ1) is 16.7. The molecule has 198 valence electrons. The number of piperidine rings is 1. The molecule has 0 unspecified atom stereocenters. The lowest BCUT2D eigenvalue weighted by Gasteiger charge is -2.53. The summed E-state index contributed by atoms with van der Waals surface area (Å²) in [6, 6.07) is 1.95. The first-order valence-corrected chi connectivity index (χ1v) is 15.4. The van der Waals surface area contributed by atoms with Crippen molar-refractivity contribution in [3.8, 4) is 0 Å². The van der Waals surface area contributed by atoms with Gasteiger partial charge < -0.3 is 14.4 Å². The summed E-state index contributed by atoms with van der Waals surface area (Å²) in [6.45, 7) is 11.5. The maximum absolute atomic E-state index is 14.9. The molecule has 1 aromatic rings. The van der Waals surface area contributed by atoms with Crippen LogP contribution in [0.3, 0.4) is 0 Å². The van der Waals surface area contributed by atoms with Crippen molar-refractivity contribution in [2.24, 2.45) is 0 Å². The Morgan fingerprint density at radius 2 is 1.72 bits per heavy atom. The summed E-state index contributed by atoms with van der Waals surface area (Å²) in [6.07, 6.45) is 0.439. The highest BCUT2D eigenvalue weighted by Crippen LogP contribution is 2.42. The molecule has 3 fully saturated rings. The van der Waals surface area contributed by atoms with E-state index in [0.717, 1.165) is 0 Å². The largest absolute Gasteiger partial charge is 0.465 e. The van der Waals surface area contributed by atoms with E-state index in [2.05, 4.69) is 39.2 Å². The van der Waals surface area contributed by atoms with Gasteiger partial charge in [0.15, 0.2) is 8.32 Å². The summed E-state index contributed by atoms with van der Waals surface area (Å²) in [4.78, 5) is 38.7. The molecule has 0 radical (unpaired) electrons. The molecule has 4 rings (SSSR count). The molecular formula is C25H35F2N3O5Si. The molecule has 2 aliphatic heterocycles. The van der Waals surface area contributed by atoms with Gasteiger partial charge in [0.1, 0.15) is 11.6 Å². The zero-order chi connectivity index (χ0) is 26.6. The van der Waals surface area contributed by atoms with Gasteiger partial charge in [0, 0.05) is 42.9 Å². The van der Waals surface area contributed by atoms with Crippen molar-refractivity contribution in [2.75, 3.05) is 18.0 Å². The maximum Gasteiger partial charge on any atom is 0.407 e. The minimum Gasteiger partial charge on any atom is -0.465 e. The number of benzene rings is 1. The van der Waals surface area contributed by atoms with Gasteiger partial charge in [0.25, 0.3) is 0 Å². The number of rotatable bonds is 6. The Kier molecular flexibility index (Phi) is 6.93. The molecule has 0 aromatic heterocycles. The molecule has 0 bridgehead atoms. The van der Waals surface area contributed by atoms with Crippen LogP contribution in [0.15, 0.2) is 12.1 Å². The molecule has 1 atom stereocenters. The van der Waals surface area contributed by atoms with Crippen molar-refractivity contribution >= 4 is 31.9 Å². The predicted molar refractivity (Wildman–Crippen MR) is 132 cm³/mol. The number of carbonyl (C=O) groups excluding carboxylic acids is 2. The van der Waals surface area contributed by atoms with Gasteiger partial charge in [0.2, 0.25) is 11.8 Å². The normalized spacial score (nSPS) is 25.2. The standard InChI is InChI=1S/C25H35F2N3O5Si/c1-25(2,3)36(4,5)35-17-8-15(9-17)30(24(33)34)16-12-29(13-16)14-10-19(26)22(20(27)11-14)18-6-7-21(31)28-23(18)32/h10-11,15-18H,6-9,12-13H2,1-5H3,(H,33,34)(H,28,31,32)/t15?,17?,18-/m1/s1. The number of amides is 3. The molecule has 2 heterocycles. The monoisotopic (exact) mass is 523 g/mol. The van der Waals surface area contributed by atoms with Gasteiger partial charge in [-0.3, -0.25) is 19.8 Å². The SMILES string of the molecule is CC(C)(C)[Si](C)(C)OC1CC(N(C(=O)O)C2CN(c3cc(F)c([C@H]4CCC(=O)NC4=O)c(F)c3)C2)C1. The van der Waals surface area contributed by atoms with E-state index in [-0.39, 0.29) is 41.6 Å². The van der Waals surface area contributed by atoms with E-state index in [1.165, 1.54) is 17.0 Å². The number of nitrogens with zero attached hydrogens (tertiary/aromatic N) is 2. The van der Waals surface area contributed by atoms with E-state index < -0.39 is 43.8 Å². The van der Waals surface area contributed by atoms with Gasteiger partial charge in [-0.15, -0.1) is 0 Å². The highest BCUT2D eigenvalue weighted by Gasteiger charge is 2.47. The number of anilines is 1. The molecule has 11 heteroatoms. The van der Waals surface area contributed by atoms with Crippen molar-refractivity contribution in [1.29, 1.82) is 0 Å². The van der Waals surface area contributed by atoms with Gasteiger partial charge in [0.05, 0.1) is 12.0 Å². The Balaban J connectivity index is 1.37. The van der Waals surface area contributed by atoms with Gasteiger partial charge in [-0.1, -0.05) is 20.8 Å². The Morgan fingerprint density at radius 3 is 2.22 bits per heavy atom. The zero-order valence-electron chi connectivity index (χ0n) is 21.4. The van der Waals surface area contributed by atoms with Crippen molar-refractivity contribution in [1.82, 2.24) is 10.2 Å². The third kappa shape index (κ3) is 5.00. The second kappa shape index (κ2) is 9.40. The summed E-state index contributed by atoms with van der Waals surface area (Å²) < 4.78 is 36.2. The topological polar surface area (TPSA) is 99.2 Å². The molecule has 8 nitrogen and oxygen atoms in total. The van der Waals surface area contributed by atoms with Crippen LogP contribution in [0.2, 0.25) is 18.1 Å². The minimum atomic E-state index is -1.93. The Bertz CT molecular complexity index is 1040. The number of imide groups is 1. The number of carbonyl (C=O) groups is 3. The first-order valence-electron chi connectivity index (χ1n) is 12.4. The van der Waals surface area contributed by atoms with E-state index in [0.29, 0.717) is 31.6 Å². The van der Waals surface area contributed by atoms with Crippen LogP contribution < -0.4 is 10.2 Å². The van der Waals surface area contributed by atoms with E-state index in [1.54, 1.807) is 4.90 Å². The van der Waals surface area contributed by atoms with Crippen LogP contribution in [0.1, 0.15) is 57.9 Å². The van der Waals surface area contributed by atoms with E-state index in [1.807, 2.05) is 0 Å². The van der Waals surface area contributed by atoms with E-state index in [9.17, 15) is 28.3 Å². The van der Waals surface area contributed by atoms with Crippen LogP contribution in [-0.2, 0) is 14.0 Å². The minimum absolute atomic E-state index is 0.0266. The van der Waals surface area contributed by atoms with Crippen molar-refractivity contribution in [2.45, 2.75) is 88.7 Å². The summed E-state index contributed by atoms with van der Waals surface area (Å²) >= 11 is 0. The fourth-order valence-corrected chi connectivity index (χ4v) is 6.34. The Hall–Kier alpha value is -2.53. The van der Waals surface area contributed by atoms with Gasteiger partial charge >= 0.3 is 6.09 Å². The molecule has 0 spiro atoms. The number of carboxylic acid groups (broad SMARTS) is 1. The molecule has 2 saturated heterocycles. The lowest BCUT2D eigenvalue weighted by molar-refractivity contribution is -0.134. The summed E-state index contributed by atoms with van der Waals surface area (Å²) in [5.41, 5.74) is -0.0365. The number of halogens is 2. The second-order valence-corrected chi connectivity index (χ2v) is 16.5. The fourth-order valence-electron chi connectivity index (χ4n) is 4.96. The van der Waals surface area contributed by atoms with Crippen LogP contribution in [0, 0.1) is 11.6 Å². The molecule has 1 aromatic carbocycles. The zero-order valence-corrected chi connectivity index (χ0v) is 22.4. The molecule has 3 aliphatic rings. The fraction of sp³-hybridized carbons (Fsp3) is 0.640. The lowest BCUT2D eigenvalue weighted by Crippen LogP contribution is -2.66. The molecule has 36 heavy (non-hydrogen) atoms. The first kappa shape index (κ1) is 26.5. The van der Waals surface area contributed by atoms with Crippen LogP contribution in [0.4, 0.5) is 19.3 Å².